The number of phenolic OH excluding ortho intramolecular Hbond substituents is 1. The third-order valence-corrected chi connectivity index (χ3v) is 3.55. The first-order chi connectivity index (χ1) is 10.1. The molecule has 114 valence electrons. The number of hydrogen-bond acceptors (Lipinski definition) is 4. The zero-order valence-corrected chi connectivity index (χ0v) is 12.1. The quantitative estimate of drug-likeness (QED) is 0.872. The largest absolute Gasteiger partial charge is 0.504 e. The van der Waals surface area contributed by atoms with E-state index in [0.29, 0.717) is 11.3 Å². The second-order valence-corrected chi connectivity index (χ2v) is 5.01. The minimum atomic E-state index is -0.390. The molecule has 0 spiro atoms. The van der Waals surface area contributed by atoms with E-state index in [4.69, 9.17) is 4.74 Å². The first kappa shape index (κ1) is 15.2. The Bertz CT molecular complexity index is 524. The highest BCUT2D eigenvalue weighted by Crippen LogP contribution is 2.26. The highest BCUT2D eigenvalue weighted by molar-refractivity contribution is 5.97. The molecular weight excluding hydrogens is 272 g/mol. The second kappa shape index (κ2) is 6.97. The zero-order valence-electron chi connectivity index (χ0n) is 12.1. The van der Waals surface area contributed by atoms with Crippen molar-refractivity contribution >= 4 is 11.8 Å². The Hall–Kier alpha value is -2.24. The van der Waals surface area contributed by atoms with Crippen LogP contribution >= 0.6 is 0 Å². The Morgan fingerprint density at radius 2 is 2.00 bits per heavy atom. The van der Waals surface area contributed by atoms with Gasteiger partial charge in [0.1, 0.15) is 0 Å². The van der Waals surface area contributed by atoms with Crippen LogP contribution in [-0.2, 0) is 4.79 Å². The van der Waals surface area contributed by atoms with Gasteiger partial charge in [-0.1, -0.05) is 0 Å². The Morgan fingerprint density at radius 1 is 1.29 bits per heavy atom. The van der Waals surface area contributed by atoms with Crippen molar-refractivity contribution in [3.63, 3.8) is 0 Å². The van der Waals surface area contributed by atoms with Gasteiger partial charge in [0.05, 0.1) is 13.7 Å². The molecule has 1 fully saturated rings. The molecule has 1 aliphatic heterocycles. The van der Waals surface area contributed by atoms with E-state index in [2.05, 4.69) is 5.32 Å². The third-order valence-electron chi connectivity index (χ3n) is 3.55. The molecule has 1 saturated heterocycles. The molecule has 0 radical (unpaired) electrons. The number of amides is 2. The van der Waals surface area contributed by atoms with Crippen LogP contribution in [0.25, 0.3) is 0 Å². The van der Waals surface area contributed by atoms with E-state index in [9.17, 15) is 14.7 Å². The lowest BCUT2D eigenvalue weighted by atomic mass is 10.1. The molecule has 1 aromatic rings. The number of hydrogen-bond donors (Lipinski definition) is 2. The number of rotatable bonds is 4. The lowest BCUT2D eigenvalue weighted by Gasteiger charge is -2.26. The maximum absolute atomic E-state index is 11.9. The van der Waals surface area contributed by atoms with Crippen molar-refractivity contribution < 1.29 is 19.4 Å². The number of carbonyl (C=O) groups is 2. The van der Waals surface area contributed by atoms with E-state index < -0.39 is 5.91 Å². The molecule has 6 nitrogen and oxygen atoms in total. The molecule has 2 N–H and O–H groups in total. The number of nitrogens with one attached hydrogen (secondary N) is 1. The summed E-state index contributed by atoms with van der Waals surface area (Å²) in [7, 11) is 1.44. The van der Waals surface area contributed by atoms with Crippen LogP contribution in [0.3, 0.4) is 0 Å². The van der Waals surface area contributed by atoms with Crippen LogP contribution in [0, 0.1) is 0 Å². The number of likely N-dealkylation sites (tertiary alicyclic amines) is 1. The van der Waals surface area contributed by atoms with Gasteiger partial charge in [-0.25, -0.2) is 0 Å². The number of aromatic hydroxyl groups is 1. The fourth-order valence-corrected chi connectivity index (χ4v) is 2.34. The van der Waals surface area contributed by atoms with Gasteiger partial charge in [-0.05, 0) is 37.5 Å². The predicted molar refractivity (Wildman–Crippen MR) is 77.4 cm³/mol. The fraction of sp³-hybridized carbons (Fsp3) is 0.467. The van der Waals surface area contributed by atoms with Crippen LogP contribution < -0.4 is 10.1 Å². The molecule has 0 saturated carbocycles. The predicted octanol–water partition coefficient (Wildman–Crippen LogP) is 1.14. The fourth-order valence-electron chi connectivity index (χ4n) is 2.34. The van der Waals surface area contributed by atoms with E-state index >= 15 is 0 Å². The lowest BCUT2D eigenvalue weighted by molar-refractivity contribution is -0.130. The summed E-state index contributed by atoms with van der Waals surface area (Å²) in [6, 6.07) is 4.37. The number of phenols is 1. The Balaban J connectivity index is 1.89. The molecule has 0 aromatic heterocycles. The lowest BCUT2D eigenvalue weighted by Crippen LogP contribution is -2.42. The summed E-state index contributed by atoms with van der Waals surface area (Å²) in [5.74, 6) is -0.262. The van der Waals surface area contributed by atoms with Crippen LogP contribution in [0.2, 0.25) is 0 Å². The Morgan fingerprint density at radius 3 is 2.62 bits per heavy atom. The van der Waals surface area contributed by atoms with Crippen LogP contribution in [0.5, 0.6) is 11.5 Å². The van der Waals surface area contributed by atoms with Crippen molar-refractivity contribution in [1.29, 1.82) is 0 Å². The molecule has 1 aliphatic rings. The molecule has 6 heteroatoms. The first-order valence-corrected chi connectivity index (χ1v) is 7.05. The average Bonchev–Trinajstić information content (AvgIpc) is 2.53. The molecule has 2 rings (SSSR count). The van der Waals surface area contributed by atoms with Crippen molar-refractivity contribution in [2.75, 3.05) is 26.7 Å². The number of nitrogens with zero attached hydrogens (tertiary/aromatic N) is 1. The van der Waals surface area contributed by atoms with Gasteiger partial charge in [-0.2, -0.15) is 0 Å². The first-order valence-electron chi connectivity index (χ1n) is 7.05. The second-order valence-electron chi connectivity index (χ2n) is 5.01. The summed E-state index contributed by atoms with van der Waals surface area (Å²) < 4.78 is 4.91. The molecule has 0 atom stereocenters. The van der Waals surface area contributed by atoms with Gasteiger partial charge in [0.25, 0.3) is 5.91 Å². The monoisotopic (exact) mass is 292 g/mol. The molecule has 0 aliphatic carbocycles. The molecule has 0 unspecified atom stereocenters. The average molecular weight is 292 g/mol. The SMILES string of the molecule is COc1ccc(C(=O)NCC(=O)N2CCCCC2)cc1O. The van der Waals surface area contributed by atoms with E-state index in [0.717, 1.165) is 32.4 Å². The van der Waals surface area contributed by atoms with E-state index in [1.807, 2.05) is 0 Å². The summed E-state index contributed by atoms with van der Waals surface area (Å²) in [5.41, 5.74) is 0.291. The maximum Gasteiger partial charge on any atom is 0.251 e. The minimum absolute atomic E-state index is 0.0222. The van der Waals surface area contributed by atoms with Gasteiger partial charge in [-0.3, -0.25) is 9.59 Å². The maximum atomic E-state index is 11.9. The number of piperidine rings is 1. The summed E-state index contributed by atoms with van der Waals surface area (Å²) in [6.07, 6.45) is 3.19. The van der Waals surface area contributed by atoms with Crippen molar-refractivity contribution in [1.82, 2.24) is 10.2 Å². The highest BCUT2D eigenvalue weighted by Gasteiger charge is 2.17. The summed E-state index contributed by atoms with van der Waals surface area (Å²) in [6.45, 7) is 1.50. The van der Waals surface area contributed by atoms with Gasteiger partial charge < -0.3 is 20.1 Å². The molecular formula is C15H20N2O4. The van der Waals surface area contributed by atoms with Crippen LogP contribution in [-0.4, -0.2) is 48.6 Å². The number of carbonyl (C=O) groups excluding carboxylic acids is 2. The van der Waals surface area contributed by atoms with Crippen molar-refractivity contribution in [3.8, 4) is 11.5 Å². The highest BCUT2D eigenvalue weighted by atomic mass is 16.5. The molecule has 21 heavy (non-hydrogen) atoms. The molecule has 1 aromatic carbocycles. The molecule has 0 bridgehead atoms. The summed E-state index contributed by atoms with van der Waals surface area (Å²) in [4.78, 5) is 25.7. The van der Waals surface area contributed by atoms with Gasteiger partial charge in [0, 0.05) is 18.7 Å². The summed E-state index contributed by atoms with van der Waals surface area (Å²) in [5, 5.41) is 12.2. The molecule has 2 amide bonds. The number of benzene rings is 1. The van der Waals surface area contributed by atoms with Gasteiger partial charge in [-0.15, -0.1) is 0 Å². The smallest absolute Gasteiger partial charge is 0.251 e. The number of methoxy groups -OCH3 is 1. The van der Waals surface area contributed by atoms with Crippen LogP contribution in [0.1, 0.15) is 29.6 Å². The van der Waals surface area contributed by atoms with Gasteiger partial charge in [0.2, 0.25) is 5.91 Å². The van der Waals surface area contributed by atoms with E-state index in [1.54, 1.807) is 11.0 Å². The van der Waals surface area contributed by atoms with Gasteiger partial charge in [0.15, 0.2) is 11.5 Å². The van der Waals surface area contributed by atoms with Crippen molar-refractivity contribution in [2.45, 2.75) is 19.3 Å². The zero-order chi connectivity index (χ0) is 15.2. The van der Waals surface area contributed by atoms with Crippen molar-refractivity contribution in [2.24, 2.45) is 0 Å². The summed E-state index contributed by atoms with van der Waals surface area (Å²) >= 11 is 0. The van der Waals surface area contributed by atoms with E-state index in [-0.39, 0.29) is 18.2 Å². The third kappa shape index (κ3) is 3.87. The van der Waals surface area contributed by atoms with Gasteiger partial charge >= 0.3 is 0 Å². The van der Waals surface area contributed by atoms with E-state index in [1.165, 1.54) is 19.2 Å². The van der Waals surface area contributed by atoms with Crippen molar-refractivity contribution in [3.05, 3.63) is 23.8 Å². The van der Waals surface area contributed by atoms with Crippen LogP contribution in [0.15, 0.2) is 18.2 Å². The van der Waals surface area contributed by atoms with Crippen LogP contribution in [0.4, 0.5) is 0 Å². The Labute approximate surface area is 123 Å². The molecule has 1 heterocycles. The topological polar surface area (TPSA) is 78.9 Å². The normalized spacial score (nSPS) is 14.6. The minimum Gasteiger partial charge on any atom is -0.504 e. The number of ether oxygens (including phenoxy) is 1. The standard InChI is InChI=1S/C15H20N2O4/c1-21-13-6-5-11(9-12(13)18)15(20)16-10-14(19)17-7-3-2-4-8-17/h5-6,9,18H,2-4,7-8,10H2,1H3,(H,16,20). The Kier molecular flexibility index (Phi) is 5.03.